The summed E-state index contributed by atoms with van der Waals surface area (Å²) < 4.78 is 27.9. The van der Waals surface area contributed by atoms with Gasteiger partial charge in [-0.15, -0.1) is 0 Å². The number of nitrogens with zero attached hydrogens (tertiary/aromatic N) is 3. The molecule has 2 aromatic carbocycles. The maximum absolute atomic E-state index is 14.6. The molecule has 5 atom stereocenters. The quantitative estimate of drug-likeness (QED) is 0.253. The number of rotatable bonds is 6. The van der Waals surface area contributed by atoms with Crippen molar-refractivity contribution in [3.8, 4) is 11.1 Å². The lowest BCUT2D eigenvalue weighted by Gasteiger charge is -2.32. The van der Waals surface area contributed by atoms with Crippen LogP contribution in [0.2, 0.25) is 0 Å². The molecule has 3 aliphatic heterocycles. The predicted molar refractivity (Wildman–Crippen MR) is 202 cm³/mol. The molecule has 2 saturated carbocycles. The number of carbonyl (C=O) groups excluding carboxylic acids is 4. The monoisotopic (exact) mass is 756 g/mol. The Hall–Kier alpha value is -4.72. The Labute approximate surface area is 316 Å². The second-order valence-electron chi connectivity index (χ2n) is 15.6. The van der Waals surface area contributed by atoms with E-state index in [0.29, 0.717) is 44.5 Å². The van der Waals surface area contributed by atoms with Gasteiger partial charge in [-0.3, -0.25) is 19.1 Å². The Kier molecular flexibility index (Phi) is 9.97. The van der Waals surface area contributed by atoms with Gasteiger partial charge >= 0.3 is 6.03 Å². The van der Waals surface area contributed by atoms with Gasteiger partial charge in [0.2, 0.25) is 21.8 Å². The van der Waals surface area contributed by atoms with Gasteiger partial charge in [-0.05, 0) is 68.9 Å². The molecule has 54 heavy (non-hydrogen) atoms. The molecule has 2 saturated heterocycles. The number of oxime groups is 1. The third kappa shape index (κ3) is 7.24. The molecule has 0 bridgehead atoms. The number of nitrogens with one attached hydrogen (secondary N) is 3. The molecule has 286 valence electrons. The Morgan fingerprint density at radius 3 is 2.22 bits per heavy atom. The van der Waals surface area contributed by atoms with E-state index in [0.717, 1.165) is 60.8 Å². The molecule has 8 rings (SSSR count). The van der Waals surface area contributed by atoms with Crippen molar-refractivity contribution in [1.29, 1.82) is 0 Å². The first-order valence-electron chi connectivity index (χ1n) is 19.5. The average Bonchev–Trinajstić information content (AvgIpc) is 4.09. The van der Waals surface area contributed by atoms with Crippen molar-refractivity contribution in [2.75, 3.05) is 19.6 Å². The summed E-state index contributed by atoms with van der Waals surface area (Å²) in [7, 11) is -3.87. The molecule has 3 aliphatic carbocycles. The van der Waals surface area contributed by atoms with E-state index >= 15 is 0 Å². The molecule has 4 fully saturated rings. The third-order valence-electron chi connectivity index (χ3n) is 11.7. The van der Waals surface area contributed by atoms with Crippen LogP contribution in [0.1, 0.15) is 88.2 Å². The Balaban J connectivity index is 1.08. The first-order valence-corrected chi connectivity index (χ1v) is 21.0. The largest absolute Gasteiger partial charge is 0.390 e. The van der Waals surface area contributed by atoms with Crippen LogP contribution in [0.4, 0.5) is 4.79 Å². The van der Waals surface area contributed by atoms with Crippen LogP contribution in [0, 0.1) is 5.92 Å². The molecule has 2 unspecified atom stereocenters. The lowest BCUT2D eigenvalue weighted by molar-refractivity contribution is -0.141. The highest BCUT2D eigenvalue weighted by atomic mass is 32.2. The highest BCUT2D eigenvalue weighted by Gasteiger charge is 2.62. The fraction of sp³-hybridized carbons (Fsp3) is 0.525. The van der Waals surface area contributed by atoms with Crippen LogP contribution in [0.3, 0.4) is 0 Å². The molecule has 0 radical (unpaired) electrons. The van der Waals surface area contributed by atoms with E-state index in [1.165, 1.54) is 4.90 Å². The summed E-state index contributed by atoms with van der Waals surface area (Å²) in [4.78, 5) is 65.6. The van der Waals surface area contributed by atoms with Gasteiger partial charge in [-0.2, -0.15) is 0 Å². The normalized spacial score (nSPS) is 28.9. The summed E-state index contributed by atoms with van der Waals surface area (Å²) in [5.74, 6) is -2.14. The Bertz CT molecular complexity index is 1940. The number of piperidine rings is 1. The SMILES string of the molecule is O=C1NC2(C(=O)NS(=O)(=O)C3CC3)CC2/C=C\CCCCC[C@H](NC(=O)N2CCCCC2)C(=O)N2C[C@H](ON=C3c4ccccc4-c4ccccc43)C[C@@H]12. The number of allylic oxidation sites excluding steroid dienone is 1. The number of fused-ring (bicyclic) bond motifs is 5. The smallest absolute Gasteiger partial charge is 0.318 e. The van der Waals surface area contributed by atoms with E-state index in [1.54, 1.807) is 4.90 Å². The van der Waals surface area contributed by atoms with Gasteiger partial charge in [0.1, 0.15) is 29.4 Å². The number of benzene rings is 2. The zero-order valence-electron chi connectivity index (χ0n) is 30.4. The first-order chi connectivity index (χ1) is 26.1. The summed E-state index contributed by atoms with van der Waals surface area (Å²) in [6.45, 7) is 1.28. The van der Waals surface area contributed by atoms with E-state index in [-0.39, 0.29) is 25.4 Å². The second-order valence-corrected chi connectivity index (χ2v) is 17.5. The number of urea groups is 1. The molecular formula is C40H48N6O7S. The van der Waals surface area contributed by atoms with Crippen molar-refractivity contribution in [2.24, 2.45) is 11.1 Å². The van der Waals surface area contributed by atoms with Crippen LogP contribution in [0.15, 0.2) is 65.8 Å². The van der Waals surface area contributed by atoms with E-state index in [1.807, 2.05) is 60.7 Å². The molecule has 2 aromatic rings. The van der Waals surface area contributed by atoms with Crippen LogP contribution in [0.25, 0.3) is 11.1 Å². The van der Waals surface area contributed by atoms with Crippen molar-refractivity contribution < 1.29 is 32.4 Å². The first kappa shape index (κ1) is 36.3. The minimum Gasteiger partial charge on any atom is -0.390 e. The third-order valence-corrected chi connectivity index (χ3v) is 13.6. The highest BCUT2D eigenvalue weighted by molar-refractivity contribution is 7.91. The minimum atomic E-state index is -3.87. The van der Waals surface area contributed by atoms with Crippen LogP contribution in [-0.4, -0.2) is 96.3 Å². The number of hydrogen-bond acceptors (Lipinski definition) is 8. The molecule has 6 aliphatic rings. The lowest BCUT2D eigenvalue weighted by Crippen LogP contribution is -2.59. The fourth-order valence-electron chi connectivity index (χ4n) is 8.40. The zero-order chi connectivity index (χ0) is 37.5. The van der Waals surface area contributed by atoms with E-state index in [9.17, 15) is 27.6 Å². The molecule has 3 N–H and O–H groups in total. The molecule has 14 heteroatoms. The van der Waals surface area contributed by atoms with Crippen molar-refractivity contribution in [3.63, 3.8) is 0 Å². The molecule has 0 aromatic heterocycles. The van der Waals surface area contributed by atoms with Gasteiger partial charge in [0.25, 0.3) is 5.91 Å². The maximum Gasteiger partial charge on any atom is 0.318 e. The Morgan fingerprint density at radius 1 is 0.870 bits per heavy atom. The lowest BCUT2D eigenvalue weighted by atomic mass is 10.0. The standard InChI is InChI=1S/C40H48N6O7S/c47-36-34-23-27(53-43-35-31-16-9-7-14-29(31)30-15-8-10-17-32(30)35)25-46(34)37(48)33(41-39(50)45-21-11-4-12-22-45)18-6-3-1-2-5-13-26-24-40(26,42-36)38(49)44-54(51,52)28-19-20-28/h5,7-10,13-17,26-28,33-34H,1-4,6,11-12,18-25H2,(H,41,50)(H,42,47)(H,44,49)/b13-5-/t26?,27-,33+,34+,40?/m1/s1. The Morgan fingerprint density at radius 2 is 1.54 bits per heavy atom. The van der Waals surface area contributed by atoms with E-state index < -0.39 is 62.6 Å². The maximum atomic E-state index is 14.6. The predicted octanol–water partition coefficient (Wildman–Crippen LogP) is 3.97. The fourth-order valence-corrected chi connectivity index (χ4v) is 9.76. The number of amides is 5. The molecule has 5 amide bonds. The van der Waals surface area contributed by atoms with Crippen LogP contribution in [-0.2, 0) is 29.2 Å². The number of carbonyl (C=O) groups is 4. The van der Waals surface area contributed by atoms with Gasteiger partial charge in [0, 0.05) is 36.6 Å². The van der Waals surface area contributed by atoms with Gasteiger partial charge in [0.15, 0.2) is 0 Å². The summed E-state index contributed by atoms with van der Waals surface area (Å²) in [6, 6.07) is 13.6. The van der Waals surface area contributed by atoms with Crippen molar-refractivity contribution >= 4 is 39.5 Å². The molecule has 13 nitrogen and oxygen atoms in total. The van der Waals surface area contributed by atoms with Gasteiger partial charge in [-0.1, -0.05) is 78.7 Å². The zero-order valence-corrected chi connectivity index (χ0v) is 31.2. The average molecular weight is 757 g/mol. The van der Waals surface area contributed by atoms with Crippen LogP contribution < -0.4 is 15.4 Å². The second kappa shape index (κ2) is 14.8. The number of likely N-dealkylation sites (tertiary alicyclic amines) is 1. The molecule has 0 spiro atoms. The molecular weight excluding hydrogens is 709 g/mol. The van der Waals surface area contributed by atoms with Crippen LogP contribution >= 0.6 is 0 Å². The van der Waals surface area contributed by atoms with Gasteiger partial charge < -0.3 is 25.3 Å². The van der Waals surface area contributed by atoms with Gasteiger partial charge in [-0.25, -0.2) is 13.2 Å². The minimum absolute atomic E-state index is 0.0334. The van der Waals surface area contributed by atoms with Crippen molar-refractivity contribution in [1.82, 2.24) is 25.2 Å². The summed E-state index contributed by atoms with van der Waals surface area (Å²) >= 11 is 0. The summed E-state index contributed by atoms with van der Waals surface area (Å²) in [6.07, 6.45) is 10.8. The topological polar surface area (TPSA) is 167 Å². The summed E-state index contributed by atoms with van der Waals surface area (Å²) in [5.41, 5.74) is 3.11. The molecule has 3 heterocycles. The van der Waals surface area contributed by atoms with E-state index in [2.05, 4.69) is 20.5 Å². The van der Waals surface area contributed by atoms with Crippen LogP contribution in [0.5, 0.6) is 0 Å². The van der Waals surface area contributed by atoms with Crippen molar-refractivity contribution in [3.05, 3.63) is 71.8 Å². The number of sulfonamides is 1. The van der Waals surface area contributed by atoms with E-state index in [4.69, 9.17) is 4.84 Å². The number of hydrogen-bond donors (Lipinski definition) is 3. The highest BCUT2D eigenvalue weighted by Crippen LogP contribution is 2.46. The summed E-state index contributed by atoms with van der Waals surface area (Å²) in [5, 5.41) is 9.94. The van der Waals surface area contributed by atoms with Crippen molar-refractivity contribution in [2.45, 2.75) is 106 Å². The van der Waals surface area contributed by atoms with Gasteiger partial charge in [0.05, 0.1) is 11.8 Å².